The highest BCUT2D eigenvalue weighted by atomic mass is 35.5. The van der Waals surface area contributed by atoms with Gasteiger partial charge < -0.3 is 10.2 Å². The summed E-state index contributed by atoms with van der Waals surface area (Å²) in [6, 6.07) is 26.0. The number of benzene rings is 3. The van der Waals surface area contributed by atoms with Crippen LogP contribution in [0.25, 0.3) is 11.1 Å². The van der Waals surface area contributed by atoms with Crippen LogP contribution < -0.4 is 5.32 Å². The topological polar surface area (TPSA) is 79.9 Å². The molecule has 1 aliphatic carbocycles. The van der Waals surface area contributed by atoms with Crippen molar-refractivity contribution in [1.29, 1.82) is 10.5 Å². The van der Waals surface area contributed by atoms with Crippen LogP contribution in [-0.2, 0) is 12.8 Å². The highest BCUT2D eigenvalue weighted by Gasteiger charge is 2.24. The molecule has 1 aliphatic heterocycles. The molecular formula is C33H35ClN4O. The van der Waals surface area contributed by atoms with Crippen molar-refractivity contribution in [1.82, 2.24) is 10.2 Å². The summed E-state index contributed by atoms with van der Waals surface area (Å²) in [5.74, 6) is 0.699. The van der Waals surface area contributed by atoms with Crippen LogP contribution in [0.5, 0.6) is 0 Å². The first-order chi connectivity index (χ1) is 18.6. The summed E-state index contributed by atoms with van der Waals surface area (Å²) in [5.41, 5.74) is 6.66. The lowest BCUT2D eigenvalue weighted by atomic mass is 9.84. The fraction of sp³-hybridized carbons (Fsp3) is 0.364. The lowest BCUT2D eigenvalue weighted by Gasteiger charge is -2.30. The van der Waals surface area contributed by atoms with Crippen LogP contribution in [0.4, 0.5) is 0 Å². The van der Waals surface area contributed by atoms with E-state index in [1.807, 2.05) is 48.5 Å². The minimum Gasteiger partial charge on any atom is -0.349 e. The summed E-state index contributed by atoms with van der Waals surface area (Å²) in [4.78, 5) is 15.6. The van der Waals surface area contributed by atoms with Crippen LogP contribution >= 0.6 is 12.4 Å². The van der Waals surface area contributed by atoms with Crippen LogP contribution in [0.15, 0.2) is 66.7 Å². The van der Waals surface area contributed by atoms with Crippen molar-refractivity contribution in [3.8, 4) is 23.3 Å². The van der Waals surface area contributed by atoms with E-state index in [1.165, 1.54) is 17.5 Å². The SMILES string of the molecule is Cl.N#Cc1cccc(-c2cccc(C(=O)NC3CCC(CCN4CCc5ccc(C#N)cc5CC4)CC3)c2)c1. The van der Waals surface area contributed by atoms with Gasteiger partial charge in [-0.05, 0) is 116 Å². The maximum atomic E-state index is 13.0. The molecule has 5 nitrogen and oxygen atoms in total. The number of carbonyl (C=O) groups is 1. The highest BCUT2D eigenvalue weighted by Crippen LogP contribution is 2.28. The third kappa shape index (κ3) is 7.27. The van der Waals surface area contributed by atoms with Crippen LogP contribution in [0, 0.1) is 28.6 Å². The molecule has 5 rings (SSSR count). The van der Waals surface area contributed by atoms with Gasteiger partial charge in [0, 0.05) is 24.7 Å². The molecule has 39 heavy (non-hydrogen) atoms. The van der Waals surface area contributed by atoms with Gasteiger partial charge in [0.2, 0.25) is 0 Å². The van der Waals surface area contributed by atoms with Crippen LogP contribution in [0.3, 0.4) is 0 Å². The average molecular weight is 539 g/mol. The Labute approximate surface area is 237 Å². The third-order valence-electron chi connectivity index (χ3n) is 8.22. The Balaban J connectivity index is 0.00000353. The molecule has 0 unspecified atom stereocenters. The monoisotopic (exact) mass is 538 g/mol. The van der Waals surface area contributed by atoms with Crippen LogP contribution in [0.1, 0.15) is 64.7 Å². The molecule has 3 aromatic carbocycles. The van der Waals surface area contributed by atoms with Crippen molar-refractivity contribution in [3.63, 3.8) is 0 Å². The Morgan fingerprint density at radius 3 is 2.23 bits per heavy atom. The minimum absolute atomic E-state index is 0. The number of hydrogen-bond acceptors (Lipinski definition) is 4. The minimum atomic E-state index is -0.0181. The van der Waals surface area contributed by atoms with E-state index in [0.717, 1.165) is 80.8 Å². The fourth-order valence-electron chi connectivity index (χ4n) is 5.90. The lowest BCUT2D eigenvalue weighted by Crippen LogP contribution is -2.38. The molecule has 3 aromatic rings. The van der Waals surface area contributed by atoms with E-state index in [1.54, 1.807) is 6.07 Å². The zero-order valence-corrected chi connectivity index (χ0v) is 23.1. The molecule has 2 aliphatic rings. The average Bonchev–Trinajstić information content (AvgIpc) is 3.18. The Morgan fingerprint density at radius 2 is 1.49 bits per heavy atom. The maximum Gasteiger partial charge on any atom is 0.251 e. The molecule has 0 spiro atoms. The van der Waals surface area contributed by atoms with Crippen LogP contribution in [-0.4, -0.2) is 36.5 Å². The van der Waals surface area contributed by atoms with E-state index in [2.05, 4.69) is 34.5 Å². The van der Waals surface area contributed by atoms with Crippen molar-refractivity contribution in [2.75, 3.05) is 19.6 Å². The van der Waals surface area contributed by atoms with Gasteiger partial charge in [0.25, 0.3) is 5.91 Å². The molecule has 0 saturated heterocycles. The zero-order valence-electron chi connectivity index (χ0n) is 22.2. The Kier molecular flexibility index (Phi) is 9.77. The van der Waals surface area contributed by atoms with Gasteiger partial charge in [0.15, 0.2) is 0 Å². The number of carbonyl (C=O) groups excluding carboxylic acids is 1. The second-order valence-corrected chi connectivity index (χ2v) is 10.7. The number of amides is 1. The second kappa shape index (κ2) is 13.4. The van der Waals surface area contributed by atoms with Crippen molar-refractivity contribution in [2.45, 2.75) is 51.0 Å². The van der Waals surface area contributed by atoms with Gasteiger partial charge in [-0.3, -0.25) is 4.79 Å². The predicted octanol–water partition coefficient (Wildman–Crippen LogP) is 6.30. The summed E-state index contributed by atoms with van der Waals surface area (Å²) >= 11 is 0. The smallest absolute Gasteiger partial charge is 0.251 e. The van der Waals surface area contributed by atoms with Crippen molar-refractivity contribution in [3.05, 3.63) is 94.5 Å². The molecule has 1 heterocycles. The van der Waals surface area contributed by atoms with E-state index < -0.39 is 0 Å². The van der Waals surface area contributed by atoms with E-state index >= 15 is 0 Å². The van der Waals surface area contributed by atoms with Gasteiger partial charge in [-0.1, -0.05) is 30.3 Å². The first-order valence-corrected chi connectivity index (χ1v) is 13.8. The lowest BCUT2D eigenvalue weighted by molar-refractivity contribution is 0.0920. The molecule has 1 fully saturated rings. The van der Waals surface area contributed by atoms with Gasteiger partial charge in [0.1, 0.15) is 0 Å². The number of rotatable bonds is 6. The molecule has 0 bridgehead atoms. The first-order valence-electron chi connectivity index (χ1n) is 13.8. The fourth-order valence-corrected chi connectivity index (χ4v) is 5.90. The second-order valence-electron chi connectivity index (χ2n) is 10.7. The van der Waals surface area contributed by atoms with Crippen molar-refractivity contribution in [2.24, 2.45) is 5.92 Å². The summed E-state index contributed by atoms with van der Waals surface area (Å²) in [5, 5.41) is 21.6. The number of nitrogens with one attached hydrogen (secondary N) is 1. The van der Waals surface area contributed by atoms with Gasteiger partial charge in [0.05, 0.1) is 23.3 Å². The van der Waals surface area contributed by atoms with Crippen LogP contribution in [0.2, 0.25) is 0 Å². The summed E-state index contributed by atoms with van der Waals surface area (Å²) in [6.07, 6.45) is 7.67. The summed E-state index contributed by atoms with van der Waals surface area (Å²) in [7, 11) is 0. The normalized spacial score (nSPS) is 18.9. The van der Waals surface area contributed by atoms with E-state index in [0.29, 0.717) is 11.1 Å². The quantitative estimate of drug-likeness (QED) is 0.399. The van der Waals surface area contributed by atoms with Gasteiger partial charge in [-0.2, -0.15) is 10.5 Å². The van der Waals surface area contributed by atoms with Crippen molar-refractivity contribution < 1.29 is 4.79 Å². The molecule has 0 atom stereocenters. The number of nitriles is 2. The van der Waals surface area contributed by atoms with Gasteiger partial charge in [-0.15, -0.1) is 12.4 Å². The molecule has 1 amide bonds. The van der Waals surface area contributed by atoms with Gasteiger partial charge in [-0.25, -0.2) is 0 Å². The summed E-state index contributed by atoms with van der Waals surface area (Å²) < 4.78 is 0. The Morgan fingerprint density at radius 1 is 0.821 bits per heavy atom. The van der Waals surface area contributed by atoms with E-state index in [-0.39, 0.29) is 24.4 Å². The Bertz CT molecular complexity index is 1380. The van der Waals surface area contributed by atoms with Gasteiger partial charge >= 0.3 is 0 Å². The predicted molar refractivity (Wildman–Crippen MR) is 157 cm³/mol. The molecular weight excluding hydrogens is 504 g/mol. The molecule has 1 N–H and O–H groups in total. The number of halogens is 1. The summed E-state index contributed by atoms with van der Waals surface area (Å²) in [6.45, 7) is 3.28. The van der Waals surface area contributed by atoms with Crippen molar-refractivity contribution >= 4 is 18.3 Å². The third-order valence-corrected chi connectivity index (χ3v) is 8.22. The number of hydrogen-bond donors (Lipinski definition) is 1. The van der Waals surface area contributed by atoms with E-state index in [9.17, 15) is 15.3 Å². The van der Waals surface area contributed by atoms with E-state index in [4.69, 9.17) is 0 Å². The zero-order chi connectivity index (χ0) is 26.3. The Hall–Kier alpha value is -3.64. The highest BCUT2D eigenvalue weighted by molar-refractivity contribution is 5.95. The molecule has 0 aromatic heterocycles. The molecule has 1 saturated carbocycles. The maximum absolute atomic E-state index is 13.0. The first kappa shape index (κ1) is 28.4. The standard InChI is InChI=1S/C33H34N4O.ClH/c34-22-25-3-1-4-28(19-25)29-5-2-6-31(21-29)33(38)36-32-11-8-24(9-12-32)13-16-37-17-14-27-10-7-26(23-35)20-30(27)15-18-37;/h1-7,10,19-21,24,32H,8-9,11-18H2,(H,36,38);1H. The molecule has 0 radical (unpaired) electrons. The molecule has 200 valence electrons. The largest absolute Gasteiger partial charge is 0.349 e. The molecule has 6 heteroatoms. The number of fused-ring (bicyclic) bond motifs is 1. The number of nitrogens with zero attached hydrogens (tertiary/aromatic N) is 3.